The predicted molar refractivity (Wildman–Crippen MR) is 99.4 cm³/mol. The molecule has 2 rings (SSSR count). The van der Waals surface area contributed by atoms with Crippen LogP contribution in [-0.2, 0) is 16.1 Å². The van der Waals surface area contributed by atoms with E-state index in [0.717, 1.165) is 5.56 Å². The summed E-state index contributed by atoms with van der Waals surface area (Å²) in [6, 6.07) is 15.8. The minimum absolute atomic E-state index is 0.125. The summed E-state index contributed by atoms with van der Waals surface area (Å²) < 4.78 is 5.05. The lowest BCUT2D eigenvalue weighted by Crippen LogP contribution is -2.39. The minimum Gasteiger partial charge on any atom is -0.482 e. The summed E-state index contributed by atoms with van der Waals surface area (Å²) >= 11 is 0. The fourth-order valence-corrected chi connectivity index (χ4v) is 2.42. The number of carbonyl (C=O) groups excluding carboxylic acids is 2. The number of carboxylic acids is 1. The monoisotopic (exact) mass is 370 g/mol. The molecule has 0 radical (unpaired) electrons. The normalized spacial score (nSPS) is 10.1. The number of amides is 2. The Morgan fingerprint density at radius 2 is 1.81 bits per heavy atom. The fourth-order valence-electron chi connectivity index (χ4n) is 2.42. The highest BCUT2D eigenvalue weighted by Gasteiger charge is 2.14. The number of likely N-dealkylation sites (N-methyl/N-ethyl adjacent to an activating group) is 1. The van der Waals surface area contributed by atoms with Crippen LogP contribution >= 0.6 is 0 Å². The molecule has 7 heteroatoms. The topological polar surface area (TPSA) is 95.9 Å². The van der Waals surface area contributed by atoms with Crippen molar-refractivity contribution in [2.45, 2.75) is 13.5 Å². The Bertz CT molecular complexity index is 792. The predicted octanol–water partition coefficient (Wildman–Crippen LogP) is 1.93. The number of rotatable bonds is 9. The van der Waals surface area contributed by atoms with E-state index >= 15 is 0 Å². The van der Waals surface area contributed by atoms with E-state index < -0.39 is 18.5 Å². The summed E-state index contributed by atoms with van der Waals surface area (Å²) in [5.41, 5.74) is 1.30. The molecule has 0 aliphatic rings. The third-order valence-electron chi connectivity index (χ3n) is 3.81. The van der Waals surface area contributed by atoms with Gasteiger partial charge in [-0.1, -0.05) is 36.4 Å². The van der Waals surface area contributed by atoms with Gasteiger partial charge in [0.25, 0.3) is 5.91 Å². The molecule has 7 nitrogen and oxygen atoms in total. The maximum absolute atomic E-state index is 12.4. The van der Waals surface area contributed by atoms with Gasteiger partial charge < -0.3 is 20.1 Å². The number of nitrogens with zero attached hydrogens (tertiary/aromatic N) is 1. The lowest BCUT2D eigenvalue weighted by Gasteiger charge is -2.21. The number of ether oxygens (including phenoxy) is 1. The molecule has 0 saturated carbocycles. The van der Waals surface area contributed by atoms with E-state index in [4.69, 9.17) is 9.84 Å². The number of carboxylic acid groups (broad SMARTS) is 1. The zero-order chi connectivity index (χ0) is 19.6. The summed E-state index contributed by atoms with van der Waals surface area (Å²) in [5.74, 6) is -1.45. The zero-order valence-electron chi connectivity index (χ0n) is 15.1. The molecule has 27 heavy (non-hydrogen) atoms. The molecule has 2 aromatic carbocycles. The average molecular weight is 370 g/mol. The third-order valence-corrected chi connectivity index (χ3v) is 3.81. The largest absolute Gasteiger partial charge is 0.482 e. The Hall–Kier alpha value is -3.35. The molecule has 0 atom stereocenters. The minimum atomic E-state index is -1.10. The molecule has 142 valence electrons. The molecule has 2 amide bonds. The molecular formula is C20H22N2O5. The van der Waals surface area contributed by atoms with Gasteiger partial charge in [0, 0.05) is 18.7 Å². The van der Waals surface area contributed by atoms with Crippen molar-refractivity contribution in [2.75, 3.05) is 19.7 Å². The van der Waals surface area contributed by atoms with Gasteiger partial charge in [-0.2, -0.15) is 0 Å². The van der Waals surface area contributed by atoms with Crippen LogP contribution in [0.1, 0.15) is 22.8 Å². The maximum atomic E-state index is 12.4. The zero-order valence-corrected chi connectivity index (χ0v) is 15.1. The molecule has 0 aliphatic heterocycles. The Morgan fingerprint density at radius 3 is 2.48 bits per heavy atom. The van der Waals surface area contributed by atoms with Crippen LogP contribution in [0.15, 0.2) is 54.6 Å². The van der Waals surface area contributed by atoms with Gasteiger partial charge >= 0.3 is 5.97 Å². The van der Waals surface area contributed by atoms with Crippen molar-refractivity contribution in [1.29, 1.82) is 0 Å². The molecular weight excluding hydrogens is 348 g/mol. The Labute approximate surface area is 157 Å². The number of benzene rings is 2. The van der Waals surface area contributed by atoms with Crippen LogP contribution < -0.4 is 10.1 Å². The summed E-state index contributed by atoms with van der Waals surface area (Å²) in [6.07, 6.45) is 0. The van der Waals surface area contributed by atoms with Crippen LogP contribution in [0, 0.1) is 0 Å². The van der Waals surface area contributed by atoms with Crippen molar-refractivity contribution in [3.63, 3.8) is 0 Å². The van der Waals surface area contributed by atoms with Crippen LogP contribution in [-0.4, -0.2) is 47.5 Å². The molecule has 0 spiro atoms. The number of carbonyl (C=O) groups is 3. The first-order valence-electron chi connectivity index (χ1n) is 8.54. The van der Waals surface area contributed by atoms with Gasteiger partial charge in [-0.15, -0.1) is 0 Å². The molecule has 2 aromatic rings. The van der Waals surface area contributed by atoms with Crippen molar-refractivity contribution in [1.82, 2.24) is 10.2 Å². The van der Waals surface area contributed by atoms with E-state index in [2.05, 4.69) is 5.32 Å². The second-order valence-corrected chi connectivity index (χ2v) is 5.79. The van der Waals surface area contributed by atoms with E-state index in [9.17, 15) is 14.4 Å². The van der Waals surface area contributed by atoms with E-state index in [1.165, 1.54) is 6.07 Å². The molecule has 0 fully saturated rings. The highest BCUT2D eigenvalue weighted by molar-refractivity contribution is 5.96. The number of aliphatic carboxylic acids is 1. The second-order valence-electron chi connectivity index (χ2n) is 5.79. The van der Waals surface area contributed by atoms with Gasteiger partial charge in [-0.3, -0.25) is 9.59 Å². The number of nitrogens with one attached hydrogen (secondary N) is 1. The standard InChI is InChI=1S/C20H22N2O5/c1-2-22(13-15-7-4-3-5-8-15)18(23)12-21-20(26)16-9-6-10-17(11-16)27-14-19(24)25/h3-11H,2,12-14H2,1H3,(H,21,26)(H,24,25). The first-order chi connectivity index (χ1) is 13.0. The van der Waals surface area contributed by atoms with Gasteiger partial charge in [0.15, 0.2) is 6.61 Å². The van der Waals surface area contributed by atoms with Crippen LogP contribution in [0.2, 0.25) is 0 Å². The Kier molecular flexibility index (Phi) is 7.37. The van der Waals surface area contributed by atoms with Crippen molar-refractivity contribution < 1.29 is 24.2 Å². The quantitative estimate of drug-likeness (QED) is 0.703. The SMILES string of the molecule is CCN(Cc1ccccc1)C(=O)CNC(=O)c1cccc(OCC(=O)O)c1. The first-order valence-corrected chi connectivity index (χ1v) is 8.54. The number of hydrogen-bond donors (Lipinski definition) is 2. The van der Waals surface area contributed by atoms with Crippen LogP contribution in [0.3, 0.4) is 0 Å². The summed E-state index contributed by atoms with van der Waals surface area (Å²) in [7, 11) is 0. The van der Waals surface area contributed by atoms with E-state index in [0.29, 0.717) is 13.1 Å². The van der Waals surface area contributed by atoms with Gasteiger partial charge in [-0.25, -0.2) is 4.79 Å². The third kappa shape index (κ3) is 6.47. The highest BCUT2D eigenvalue weighted by atomic mass is 16.5. The smallest absolute Gasteiger partial charge is 0.341 e. The van der Waals surface area contributed by atoms with Crippen LogP contribution in [0.4, 0.5) is 0 Å². The molecule has 0 bridgehead atoms. The second kappa shape index (κ2) is 9.96. The maximum Gasteiger partial charge on any atom is 0.341 e. The Balaban J connectivity index is 1.90. The fraction of sp³-hybridized carbons (Fsp3) is 0.250. The molecule has 0 aliphatic carbocycles. The molecule has 0 aromatic heterocycles. The van der Waals surface area contributed by atoms with E-state index in [-0.39, 0.29) is 23.8 Å². The van der Waals surface area contributed by atoms with Crippen molar-refractivity contribution in [3.8, 4) is 5.75 Å². The lowest BCUT2D eigenvalue weighted by molar-refractivity contribution is -0.139. The van der Waals surface area contributed by atoms with Crippen LogP contribution in [0.25, 0.3) is 0 Å². The number of hydrogen-bond acceptors (Lipinski definition) is 4. The van der Waals surface area contributed by atoms with Gasteiger partial charge in [0.2, 0.25) is 5.91 Å². The molecule has 2 N–H and O–H groups in total. The summed E-state index contributed by atoms with van der Waals surface area (Å²) in [6.45, 7) is 2.27. The van der Waals surface area contributed by atoms with E-state index in [1.54, 1.807) is 23.1 Å². The van der Waals surface area contributed by atoms with Crippen molar-refractivity contribution in [2.24, 2.45) is 0 Å². The van der Waals surface area contributed by atoms with Crippen molar-refractivity contribution >= 4 is 17.8 Å². The van der Waals surface area contributed by atoms with Crippen molar-refractivity contribution in [3.05, 3.63) is 65.7 Å². The Morgan fingerprint density at radius 1 is 1.07 bits per heavy atom. The van der Waals surface area contributed by atoms with E-state index in [1.807, 2.05) is 37.3 Å². The summed E-state index contributed by atoms with van der Waals surface area (Å²) in [4.78, 5) is 36.8. The first kappa shape index (κ1) is 20.0. The molecule has 0 saturated heterocycles. The molecule has 0 unspecified atom stereocenters. The van der Waals surface area contributed by atoms with Crippen LogP contribution in [0.5, 0.6) is 5.75 Å². The average Bonchev–Trinajstić information content (AvgIpc) is 2.69. The summed E-state index contributed by atoms with van der Waals surface area (Å²) in [5, 5.41) is 11.2. The molecule has 0 heterocycles. The van der Waals surface area contributed by atoms with Gasteiger partial charge in [-0.05, 0) is 30.7 Å². The van der Waals surface area contributed by atoms with Gasteiger partial charge in [0.05, 0.1) is 6.54 Å². The lowest BCUT2D eigenvalue weighted by atomic mass is 10.2. The highest BCUT2D eigenvalue weighted by Crippen LogP contribution is 2.13. The van der Waals surface area contributed by atoms with Gasteiger partial charge in [0.1, 0.15) is 5.75 Å².